The van der Waals surface area contributed by atoms with Crippen LogP contribution in [0, 0.1) is 5.92 Å². The fourth-order valence-corrected chi connectivity index (χ4v) is 1.39. The van der Waals surface area contributed by atoms with Crippen LogP contribution in [0.25, 0.3) is 0 Å². The first-order chi connectivity index (χ1) is 7.77. The van der Waals surface area contributed by atoms with Gasteiger partial charge in [0.2, 0.25) is 0 Å². The lowest BCUT2D eigenvalue weighted by Gasteiger charge is -2.07. The normalized spacial score (nSPS) is 11.2. The third kappa shape index (κ3) is 13.9. The largest absolute Gasteiger partial charge is 0.379 e. The van der Waals surface area contributed by atoms with Gasteiger partial charge in [0.15, 0.2) is 0 Å². The molecule has 0 aliphatic rings. The molecule has 0 aliphatic carbocycles. The minimum absolute atomic E-state index is 0.729. The van der Waals surface area contributed by atoms with Gasteiger partial charge in [-0.3, -0.25) is 0 Å². The zero-order valence-electron chi connectivity index (χ0n) is 11.3. The van der Waals surface area contributed by atoms with E-state index in [2.05, 4.69) is 19.2 Å². The van der Waals surface area contributed by atoms with Crippen LogP contribution < -0.4 is 5.32 Å². The molecule has 3 heteroatoms. The Balaban J connectivity index is 2.88. The highest BCUT2D eigenvalue weighted by molar-refractivity contribution is 4.51. The van der Waals surface area contributed by atoms with Crippen LogP contribution in [-0.2, 0) is 9.47 Å². The zero-order chi connectivity index (χ0) is 12.1. The van der Waals surface area contributed by atoms with Crippen LogP contribution in [-0.4, -0.2) is 39.5 Å². The molecule has 0 radical (unpaired) electrons. The minimum Gasteiger partial charge on any atom is -0.379 e. The Labute approximate surface area is 101 Å². The number of hydrogen-bond donors (Lipinski definition) is 1. The van der Waals surface area contributed by atoms with Gasteiger partial charge in [0, 0.05) is 13.2 Å². The summed E-state index contributed by atoms with van der Waals surface area (Å²) in [5.74, 6) is 0.752. The molecule has 0 aromatic rings. The zero-order valence-corrected chi connectivity index (χ0v) is 11.3. The maximum absolute atomic E-state index is 5.44. The van der Waals surface area contributed by atoms with Gasteiger partial charge in [-0.2, -0.15) is 0 Å². The average Bonchev–Trinajstić information content (AvgIpc) is 2.25. The third-order valence-corrected chi connectivity index (χ3v) is 2.27. The van der Waals surface area contributed by atoms with Crippen LogP contribution in [0.4, 0.5) is 0 Å². The first-order valence-corrected chi connectivity index (χ1v) is 6.63. The van der Waals surface area contributed by atoms with Crippen LogP contribution in [0.1, 0.15) is 40.0 Å². The van der Waals surface area contributed by atoms with E-state index in [1.165, 1.54) is 12.8 Å². The van der Waals surface area contributed by atoms with Crippen molar-refractivity contribution in [2.75, 3.05) is 39.5 Å². The molecule has 16 heavy (non-hydrogen) atoms. The topological polar surface area (TPSA) is 30.5 Å². The second-order valence-electron chi connectivity index (χ2n) is 4.47. The van der Waals surface area contributed by atoms with Crippen LogP contribution >= 0.6 is 0 Å². The molecule has 1 N–H and O–H groups in total. The van der Waals surface area contributed by atoms with Crippen molar-refractivity contribution in [3.8, 4) is 0 Å². The van der Waals surface area contributed by atoms with E-state index < -0.39 is 0 Å². The van der Waals surface area contributed by atoms with Crippen molar-refractivity contribution in [1.82, 2.24) is 5.32 Å². The maximum atomic E-state index is 5.44. The van der Waals surface area contributed by atoms with Gasteiger partial charge in [-0.15, -0.1) is 0 Å². The molecule has 98 valence electrons. The van der Waals surface area contributed by atoms with Crippen LogP contribution in [0.3, 0.4) is 0 Å². The third-order valence-electron chi connectivity index (χ3n) is 2.27. The highest BCUT2D eigenvalue weighted by Gasteiger charge is 1.93. The number of hydrogen-bond acceptors (Lipinski definition) is 3. The second kappa shape index (κ2) is 12.9. The van der Waals surface area contributed by atoms with Crippen LogP contribution in [0.5, 0.6) is 0 Å². The molecule has 0 fully saturated rings. The summed E-state index contributed by atoms with van der Waals surface area (Å²) in [4.78, 5) is 0. The van der Waals surface area contributed by atoms with Gasteiger partial charge in [0.1, 0.15) is 0 Å². The van der Waals surface area contributed by atoms with Crippen molar-refractivity contribution < 1.29 is 9.47 Å². The summed E-state index contributed by atoms with van der Waals surface area (Å²) < 4.78 is 10.6. The first-order valence-electron chi connectivity index (χ1n) is 6.63. The monoisotopic (exact) mass is 231 g/mol. The van der Waals surface area contributed by atoms with Gasteiger partial charge < -0.3 is 14.8 Å². The van der Waals surface area contributed by atoms with Gasteiger partial charge in [0.05, 0.1) is 13.2 Å². The van der Waals surface area contributed by atoms with Crippen molar-refractivity contribution >= 4 is 0 Å². The van der Waals surface area contributed by atoms with Crippen LogP contribution in [0.2, 0.25) is 0 Å². The van der Waals surface area contributed by atoms with Crippen molar-refractivity contribution in [1.29, 1.82) is 0 Å². The molecule has 0 saturated carbocycles. The van der Waals surface area contributed by atoms with Gasteiger partial charge in [-0.25, -0.2) is 0 Å². The Morgan fingerprint density at radius 2 is 1.69 bits per heavy atom. The molecule has 3 nitrogen and oxygen atoms in total. The Bertz CT molecular complexity index is 129. The molecule has 0 aliphatic heterocycles. The predicted octanol–water partition coefficient (Wildman–Crippen LogP) is 2.46. The first kappa shape index (κ1) is 15.9. The fourth-order valence-electron chi connectivity index (χ4n) is 1.39. The van der Waals surface area contributed by atoms with Gasteiger partial charge >= 0.3 is 0 Å². The van der Waals surface area contributed by atoms with E-state index in [4.69, 9.17) is 9.47 Å². The summed E-state index contributed by atoms with van der Waals surface area (Å²) >= 11 is 0. The van der Waals surface area contributed by atoms with Crippen LogP contribution in [0.15, 0.2) is 0 Å². The van der Waals surface area contributed by atoms with Crippen molar-refractivity contribution in [3.05, 3.63) is 0 Å². The molecule has 0 unspecified atom stereocenters. The smallest absolute Gasteiger partial charge is 0.0700 e. The molecular weight excluding hydrogens is 202 g/mol. The molecule has 0 amide bonds. The van der Waals surface area contributed by atoms with Gasteiger partial charge in [-0.05, 0) is 45.2 Å². The Kier molecular flexibility index (Phi) is 12.9. The van der Waals surface area contributed by atoms with E-state index in [9.17, 15) is 0 Å². The summed E-state index contributed by atoms with van der Waals surface area (Å²) in [6.45, 7) is 11.9. The Morgan fingerprint density at radius 1 is 0.938 bits per heavy atom. The molecule has 0 atom stereocenters. The summed E-state index contributed by atoms with van der Waals surface area (Å²) in [5.41, 5.74) is 0. The fraction of sp³-hybridized carbons (Fsp3) is 1.00. The summed E-state index contributed by atoms with van der Waals surface area (Å²) in [6, 6.07) is 0. The molecule has 0 aromatic heterocycles. The molecule has 0 heterocycles. The number of ether oxygens (including phenoxy) is 2. The Morgan fingerprint density at radius 3 is 2.38 bits per heavy atom. The molecule has 0 bridgehead atoms. The quantitative estimate of drug-likeness (QED) is 0.523. The summed E-state index contributed by atoms with van der Waals surface area (Å²) in [5, 5.41) is 3.44. The molecule has 0 aromatic carbocycles. The van der Waals surface area contributed by atoms with Gasteiger partial charge in [-0.1, -0.05) is 13.8 Å². The lowest BCUT2D eigenvalue weighted by atomic mass is 10.2. The second-order valence-corrected chi connectivity index (χ2v) is 4.47. The van der Waals surface area contributed by atoms with Gasteiger partial charge in [0.25, 0.3) is 0 Å². The molecule has 0 rings (SSSR count). The van der Waals surface area contributed by atoms with Crippen molar-refractivity contribution in [2.45, 2.75) is 40.0 Å². The van der Waals surface area contributed by atoms with Crippen molar-refractivity contribution in [2.24, 2.45) is 5.92 Å². The maximum Gasteiger partial charge on any atom is 0.0700 e. The van der Waals surface area contributed by atoms with E-state index in [1.807, 2.05) is 6.92 Å². The van der Waals surface area contributed by atoms with E-state index in [0.717, 1.165) is 51.9 Å². The SMILES string of the molecule is CCOCCOCCCCCNCC(C)C. The number of unbranched alkanes of at least 4 members (excludes halogenated alkanes) is 2. The molecule has 0 saturated heterocycles. The van der Waals surface area contributed by atoms with E-state index in [0.29, 0.717) is 0 Å². The molecular formula is C13H29NO2. The predicted molar refractivity (Wildman–Crippen MR) is 68.9 cm³/mol. The lowest BCUT2D eigenvalue weighted by Crippen LogP contribution is -2.20. The van der Waals surface area contributed by atoms with Crippen molar-refractivity contribution in [3.63, 3.8) is 0 Å². The Hall–Kier alpha value is -0.120. The summed E-state index contributed by atoms with van der Waals surface area (Å²) in [6.07, 6.45) is 3.66. The van der Waals surface area contributed by atoms with E-state index >= 15 is 0 Å². The molecule has 0 spiro atoms. The summed E-state index contributed by atoms with van der Waals surface area (Å²) in [7, 11) is 0. The number of rotatable bonds is 12. The standard InChI is InChI=1S/C13H29NO2/c1-4-15-10-11-16-9-7-5-6-8-14-12-13(2)3/h13-14H,4-12H2,1-3H3. The minimum atomic E-state index is 0.729. The van der Waals surface area contributed by atoms with E-state index in [-0.39, 0.29) is 0 Å². The highest BCUT2D eigenvalue weighted by Crippen LogP contribution is 1.95. The lowest BCUT2D eigenvalue weighted by molar-refractivity contribution is 0.0513. The number of nitrogens with one attached hydrogen (secondary N) is 1. The highest BCUT2D eigenvalue weighted by atomic mass is 16.5. The average molecular weight is 231 g/mol. The van der Waals surface area contributed by atoms with E-state index in [1.54, 1.807) is 0 Å².